The predicted molar refractivity (Wildman–Crippen MR) is 74.7 cm³/mol. The minimum absolute atomic E-state index is 0.177. The van der Waals surface area contributed by atoms with Crippen LogP contribution in [0.1, 0.15) is 38.8 Å². The molecule has 18 heavy (non-hydrogen) atoms. The Bertz CT molecular complexity index is 500. The number of ether oxygens (including phenoxy) is 1. The number of hydrogen-bond acceptors (Lipinski definition) is 3. The van der Waals surface area contributed by atoms with Crippen molar-refractivity contribution in [2.45, 2.75) is 38.8 Å². The van der Waals surface area contributed by atoms with Gasteiger partial charge in [0.05, 0.1) is 4.47 Å². The summed E-state index contributed by atoms with van der Waals surface area (Å²) in [4.78, 5) is 11.5. The lowest BCUT2D eigenvalue weighted by Crippen LogP contribution is -2.27. The van der Waals surface area contributed by atoms with E-state index in [1.165, 1.54) is 0 Å². The molecule has 1 aromatic rings. The minimum Gasteiger partial charge on any atom is -0.487 e. The van der Waals surface area contributed by atoms with E-state index in [-0.39, 0.29) is 11.5 Å². The van der Waals surface area contributed by atoms with Gasteiger partial charge in [-0.1, -0.05) is 6.92 Å². The molecule has 3 N–H and O–H groups in total. The number of nitrogens with two attached hydrogens (primary N) is 1. The van der Waals surface area contributed by atoms with Crippen LogP contribution in [0.3, 0.4) is 0 Å². The molecule has 0 spiro atoms. The van der Waals surface area contributed by atoms with Crippen molar-refractivity contribution >= 4 is 27.5 Å². The average Bonchev–Trinajstić information content (AvgIpc) is 2.56. The Labute approximate surface area is 115 Å². The zero-order chi connectivity index (χ0) is 13.5. The monoisotopic (exact) mass is 312 g/mol. The number of rotatable bonds is 3. The maximum absolute atomic E-state index is 11.5. The first-order chi connectivity index (χ1) is 8.34. The van der Waals surface area contributed by atoms with Gasteiger partial charge in [0.25, 0.3) is 0 Å². The number of carbonyl (C=O) groups excluding carboxylic acids is 1. The van der Waals surface area contributed by atoms with Gasteiger partial charge in [0.2, 0.25) is 5.91 Å². The van der Waals surface area contributed by atoms with Gasteiger partial charge in [-0.3, -0.25) is 4.79 Å². The number of amides is 1. The molecular formula is C13H17BrN2O2. The molecule has 0 radical (unpaired) electrons. The third-order valence-electron chi connectivity index (χ3n) is 3.22. The molecule has 98 valence electrons. The number of fused-ring (bicyclic) bond motifs is 1. The second kappa shape index (κ2) is 4.55. The van der Waals surface area contributed by atoms with Crippen molar-refractivity contribution in [3.05, 3.63) is 22.2 Å². The summed E-state index contributed by atoms with van der Waals surface area (Å²) >= 11 is 3.46. The van der Waals surface area contributed by atoms with Crippen molar-refractivity contribution in [3.8, 4) is 5.75 Å². The molecule has 1 aliphatic rings. The van der Waals surface area contributed by atoms with Gasteiger partial charge in [0.15, 0.2) is 0 Å². The molecule has 0 aromatic heterocycles. The molecule has 1 unspecified atom stereocenters. The molecule has 0 bridgehead atoms. The molecule has 1 atom stereocenters. The lowest BCUT2D eigenvalue weighted by atomic mass is 10.1. The van der Waals surface area contributed by atoms with Crippen molar-refractivity contribution in [2.75, 3.05) is 5.32 Å². The normalized spacial score (nSPS) is 18.5. The summed E-state index contributed by atoms with van der Waals surface area (Å²) in [7, 11) is 0. The number of halogens is 1. The van der Waals surface area contributed by atoms with Crippen molar-refractivity contribution in [3.63, 3.8) is 0 Å². The SMILES string of the molecule is CCC(C)(C)Oc1cc2c(cc1Br)C(N)C(=O)N2. The topological polar surface area (TPSA) is 64.3 Å². The van der Waals surface area contributed by atoms with E-state index < -0.39 is 6.04 Å². The van der Waals surface area contributed by atoms with E-state index in [1.54, 1.807) is 0 Å². The van der Waals surface area contributed by atoms with E-state index in [0.29, 0.717) is 0 Å². The van der Waals surface area contributed by atoms with Crippen LogP contribution in [0.25, 0.3) is 0 Å². The fourth-order valence-electron chi connectivity index (χ4n) is 1.73. The molecule has 1 heterocycles. The van der Waals surface area contributed by atoms with Crippen molar-refractivity contribution in [2.24, 2.45) is 5.73 Å². The zero-order valence-corrected chi connectivity index (χ0v) is 12.3. The quantitative estimate of drug-likeness (QED) is 0.902. The van der Waals surface area contributed by atoms with E-state index in [4.69, 9.17) is 10.5 Å². The Kier molecular flexibility index (Phi) is 3.38. The second-order valence-electron chi connectivity index (χ2n) is 5.05. The third kappa shape index (κ3) is 2.37. The Morgan fingerprint density at radius 3 is 2.78 bits per heavy atom. The summed E-state index contributed by atoms with van der Waals surface area (Å²) in [6.45, 7) is 6.12. The van der Waals surface area contributed by atoms with Gasteiger partial charge >= 0.3 is 0 Å². The van der Waals surface area contributed by atoms with Crippen molar-refractivity contribution in [1.29, 1.82) is 0 Å². The Hall–Kier alpha value is -1.07. The van der Waals surface area contributed by atoms with E-state index in [1.807, 2.05) is 26.0 Å². The first-order valence-corrected chi connectivity index (χ1v) is 6.72. The molecule has 2 rings (SSSR count). The number of nitrogens with one attached hydrogen (secondary N) is 1. The van der Waals surface area contributed by atoms with Gasteiger partial charge in [-0.05, 0) is 42.3 Å². The maximum Gasteiger partial charge on any atom is 0.245 e. The maximum atomic E-state index is 11.5. The molecule has 5 heteroatoms. The van der Waals surface area contributed by atoms with Crippen molar-refractivity contribution in [1.82, 2.24) is 0 Å². The summed E-state index contributed by atoms with van der Waals surface area (Å²) in [6.07, 6.45) is 0.891. The summed E-state index contributed by atoms with van der Waals surface area (Å²) < 4.78 is 6.75. The third-order valence-corrected chi connectivity index (χ3v) is 3.84. The highest BCUT2D eigenvalue weighted by atomic mass is 79.9. The summed E-state index contributed by atoms with van der Waals surface area (Å²) in [6, 6.07) is 3.07. The van der Waals surface area contributed by atoms with Gasteiger partial charge < -0.3 is 15.8 Å². The Morgan fingerprint density at radius 1 is 1.50 bits per heavy atom. The fourth-order valence-corrected chi connectivity index (χ4v) is 2.18. The van der Waals surface area contributed by atoms with E-state index in [9.17, 15) is 4.79 Å². The lowest BCUT2D eigenvalue weighted by Gasteiger charge is -2.26. The minimum atomic E-state index is -0.593. The molecular weight excluding hydrogens is 296 g/mol. The lowest BCUT2D eigenvalue weighted by molar-refractivity contribution is -0.116. The zero-order valence-electron chi connectivity index (χ0n) is 10.7. The van der Waals surface area contributed by atoms with Crippen LogP contribution in [-0.2, 0) is 4.79 Å². The molecule has 1 aliphatic heterocycles. The fraction of sp³-hybridized carbons (Fsp3) is 0.462. The highest BCUT2D eigenvalue weighted by Crippen LogP contribution is 2.39. The highest BCUT2D eigenvalue weighted by molar-refractivity contribution is 9.10. The number of hydrogen-bond donors (Lipinski definition) is 2. The standard InChI is InChI=1S/C13H17BrN2O2/c1-4-13(2,3)18-10-6-9-7(5-8(10)14)11(15)12(17)16-9/h5-6,11H,4,15H2,1-3H3,(H,16,17). The van der Waals surface area contributed by atoms with Crippen LogP contribution in [0.4, 0.5) is 5.69 Å². The number of carbonyl (C=O) groups is 1. The van der Waals surface area contributed by atoms with Crippen LogP contribution in [-0.4, -0.2) is 11.5 Å². The molecule has 0 saturated carbocycles. The summed E-state index contributed by atoms with van der Waals surface area (Å²) in [5.74, 6) is 0.541. The number of anilines is 1. The Balaban J connectivity index is 2.36. The number of benzene rings is 1. The molecule has 0 saturated heterocycles. The smallest absolute Gasteiger partial charge is 0.245 e. The summed E-state index contributed by atoms with van der Waals surface area (Å²) in [5, 5.41) is 2.75. The van der Waals surface area contributed by atoms with Gasteiger partial charge in [0, 0.05) is 17.3 Å². The van der Waals surface area contributed by atoms with Crippen LogP contribution in [0.5, 0.6) is 5.75 Å². The van der Waals surface area contributed by atoms with Crippen LogP contribution in [0, 0.1) is 0 Å². The van der Waals surface area contributed by atoms with Crippen LogP contribution in [0.15, 0.2) is 16.6 Å². The first-order valence-electron chi connectivity index (χ1n) is 5.93. The van der Waals surface area contributed by atoms with Gasteiger partial charge in [-0.2, -0.15) is 0 Å². The van der Waals surface area contributed by atoms with E-state index in [0.717, 1.165) is 27.9 Å². The van der Waals surface area contributed by atoms with Gasteiger partial charge in [-0.15, -0.1) is 0 Å². The highest BCUT2D eigenvalue weighted by Gasteiger charge is 2.29. The molecule has 0 aliphatic carbocycles. The van der Waals surface area contributed by atoms with Crippen LogP contribution < -0.4 is 15.8 Å². The summed E-state index contributed by atoms with van der Waals surface area (Å²) in [5.41, 5.74) is 7.07. The molecule has 1 amide bonds. The van der Waals surface area contributed by atoms with Gasteiger partial charge in [0.1, 0.15) is 17.4 Å². The largest absolute Gasteiger partial charge is 0.487 e. The average molecular weight is 313 g/mol. The van der Waals surface area contributed by atoms with E-state index in [2.05, 4.69) is 28.2 Å². The first kappa shape index (κ1) is 13.4. The molecule has 4 nitrogen and oxygen atoms in total. The van der Waals surface area contributed by atoms with Crippen LogP contribution in [0.2, 0.25) is 0 Å². The predicted octanol–water partition coefficient (Wildman–Crippen LogP) is 2.97. The molecule has 0 fully saturated rings. The van der Waals surface area contributed by atoms with Crippen molar-refractivity contribution < 1.29 is 9.53 Å². The molecule has 1 aromatic carbocycles. The Morgan fingerprint density at radius 2 is 2.17 bits per heavy atom. The second-order valence-corrected chi connectivity index (χ2v) is 5.91. The van der Waals surface area contributed by atoms with E-state index >= 15 is 0 Å². The van der Waals surface area contributed by atoms with Gasteiger partial charge in [-0.25, -0.2) is 0 Å². The van der Waals surface area contributed by atoms with Crippen LogP contribution >= 0.6 is 15.9 Å².